The van der Waals surface area contributed by atoms with Crippen LogP contribution in [0.5, 0.6) is 23.0 Å². The van der Waals surface area contributed by atoms with E-state index in [1.54, 1.807) is 21.3 Å². The highest BCUT2D eigenvalue weighted by molar-refractivity contribution is 5.50. The van der Waals surface area contributed by atoms with Crippen LogP contribution in [0.2, 0.25) is 0 Å². The maximum Gasteiger partial charge on any atom is 0.161 e. The largest absolute Gasteiger partial charge is 0.497 e. The molecule has 6 heteroatoms. The molecule has 0 aromatic heterocycles. The van der Waals surface area contributed by atoms with Gasteiger partial charge in [0.2, 0.25) is 0 Å². The van der Waals surface area contributed by atoms with Crippen molar-refractivity contribution in [1.82, 2.24) is 10.2 Å². The first-order chi connectivity index (χ1) is 14.2. The standard InChI is InChI=1S/C23H32N2O4/c1-5-29-20-10-7-17(15-22(20)28-4)23(25-13-6-11-24-12-14-25)19-9-8-18(26-2)16-21(19)27-3/h7-10,15-16,23-24H,5-6,11-14H2,1-4H3. The zero-order chi connectivity index (χ0) is 20.6. The molecule has 3 rings (SSSR count). The highest BCUT2D eigenvalue weighted by Crippen LogP contribution is 2.40. The molecule has 1 heterocycles. The van der Waals surface area contributed by atoms with E-state index in [9.17, 15) is 0 Å². The molecule has 1 unspecified atom stereocenters. The van der Waals surface area contributed by atoms with Crippen LogP contribution in [0.3, 0.4) is 0 Å². The highest BCUT2D eigenvalue weighted by atomic mass is 16.5. The number of benzene rings is 2. The molecule has 1 fully saturated rings. The monoisotopic (exact) mass is 400 g/mol. The minimum atomic E-state index is 0.0420. The van der Waals surface area contributed by atoms with Crippen molar-refractivity contribution in [1.29, 1.82) is 0 Å². The fourth-order valence-corrected chi connectivity index (χ4v) is 3.89. The van der Waals surface area contributed by atoms with Gasteiger partial charge in [0.15, 0.2) is 11.5 Å². The second kappa shape index (κ2) is 10.4. The minimum absolute atomic E-state index is 0.0420. The molecule has 0 aliphatic carbocycles. The molecule has 29 heavy (non-hydrogen) atoms. The first-order valence-corrected chi connectivity index (χ1v) is 10.2. The normalized spacial score (nSPS) is 16.0. The van der Waals surface area contributed by atoms with Gasteiger partial charge in [0, 0.05) is 31.3 Å². The topological polar surface area (TPSA) is 52.2 Å². The van der Waals surface area contributed by atoms with Crippen LogP contribution in [0.15, 0.2) is 36.4 Å². The van der Waals surface area contributed by atoms with Crippen molar-refractivity contribution in [2.75, 3.05) is 54.1 Å². The van der Waals surface area contributed by atoms with Gasteiger partial charge in [0.25, 0.3) is 0 Å². The smallest absolute Gasteiger partial charge is 0.161 e. The number of hydrogen-bond donors (Lipinski definition) is 1. The summed E-state index contributed by atoms with van der Waals surface area (Å²) < 4.78 is 22.5. The number of nitrogens with zero attached hydrogens (tertiary/aromatic N) is 1. The third-order valence-electron chi connectivity index (χ3n) is 5.28. The molecule has 0 amide bonds. The lowest BCUT2D eigenvalue weighted by Gasteiger charge is -2.32. The second-order valence-electron chi connectivity index (χ2n) is 6.99. The summed E-state index contributed by atoms with van der Waals surface area (Å²) in [5.41, 5.74) is 2.26. The fraction of sp³-hybridized carbons (Fsp3) is 0.478. The van der Waals surface area contributed by atoms with Crippen LogP contribution < -0.4 is 24.3 Å². The van der Waals surface area contributed by atoms with Crippen LogP contribution in [0.4, 0.5) is 0 Å². The Morgan fingerprint density at radius 2 is 1.72 bits per heavy atom. The minimum Gasteiger partial charge on any atom is -0.497 e. The van der Waals surface area contributed by atoms with Gasteiger partial charge in [-0.05, 0) is 49.7 Å². The Morgan fingerprint density at radius 1 is 0.897 bits per heavy atom. The molecule has 1 aliphatic rings. The predicted molar refractivity (Wildman–Crippen MR) is 115 cm³/mol. The van der Waals surface area contributed by atoms with Crippen LogP contribution in [-0.2, 0) is 0 Å². The van der Waals surface area contributed by atoms with E-state index >= 15 is 0 Å². The van der Waals surface area contributed by atoms with E-state index in [0.29, 0.717) is 6.61 Å². The Labute approximate surface area is 173 Å². The van der Waals surface area contributed by atoms with E-state index < -0.39 is 0 Å². The van der Waals surface area contributed by atoms with Crippen molar-refractivity contribution >= 4 is 0 Å². The fourth-order valence-electron chi connectivity index (χ4n) is 3.89. The van der Waals surface area contributed by atoms with Gasteiger partial charge in [-0.15, -0.1) is 0 Å². The molecule has 2 aromatic rings. The van der Waals surface area contributed by atoms with E-state index in [0.717, 1.165) is 66.7 Å². The molecule has 1 N–H and O–H groups in total. The molecule has 0 bridgehead atoms. The third kappa shape index (κ3) is 4.95. The van der Waals surface area contributed by atoms with Crippen molar-refractivity contribution < 1.29 is 18.9 Å². The molecule has 2 aromatic carbocycles. The molecule has 1 saturated heterocycles. The lowest BCUT2D eigenvalue weighted by Crippen LogP contribution is -2.33. The SMILES string of the molecule is CCOc1ccc(C(c2ccc(OC)cc2OC)N2CCCNCC2)cc1OC. The van der Waals surface area contributed by atoms with E-state index in [1.807, 2.05) is 25.1 Å². The molecule has 158 valence electrons. The van der Waals surface area contributed by atoms with Gasteiger partial charge in [0.05, 0.1) is 34.0 Å². The van der Waals surface area contributed by atoms with Crippen LogP contribution >= 0.6 is 0 Å². The van der Waals surface area contributed by atoms with Crippen LogP contribution in [0.1, 0.15) is 30.5 Å². The Balaban J connectivity index is 2.09. The summed E-state index contributed by atoms with van der Waals surface area (Å²) in [6.07, 6.45) is 1.10. The third-order valence-corrected chi connectivity index (χ3v) is 5.28. The molecular weight excluding hydrogens is 368 g/mol. The number of nitrogens with one attached hydrogen (secondary N) is 1. The summed E-state index contributed by atoms with van der Waals surface area (Å²) in [4.78, 5) is 2.50. The average molecular weight is 401 g/mol. The second-order valence-corrected chi connectivity index (χ2v) is 6.99. The van der Waals surface area contributed by atoms with E-state index in [-0.39, 0.29) is 6.04 Å². The summed E-state index contributed by atoms with van der Waals surface area (Å²) in [6, 6.07) is 12.3. The first-order valence-electron chi connectivity index (χ1n) is 10.2. The van der Waals surface area contributed by atoms with Crippen LogP contribution in [-0.4, -0.2) is 59.0 Å². The predicted octanol–water partition coefficient (Wildman–Crippen LogP) is 3.50. The molecule has 0 saturated carbocycles. The Hall–Kier alpha value is -2.44. The average Bonchev–Trinajstić information content (AvgIpc) is 3.04. The zero-order valence-corrected chi connectivity index (χ0v) is 17.9. The van der Waals surface area contributed by atoms with Crippen LogP contribution in [0, 0.1) is 0 Å². The van der Waals surface area contributed by atoms with Crippen LogP contribution in [0.25, 0.3) is 0 Å². The summed E-state index contributed by atoms with van der Waals surface area (Å²) in [5.74, 6) is 3.11. The maximum atomic E-state index is 5.75. The zero-order valence-electron chi connectivity index (χ0n) is 17.9. The molecule has 1 atom stereocenters. The van der Waals surface area contributed by atoms with E-state index in [1.165, 1.54) is 0 Å². The summed E-state index contributed by atoms with van der Waals surface area (Å²) >= 11 is 0. The molecular formula is C23H32N2O4. The maximum absolute atomic E-state index is 5.75. The lowest BCUT2D eigenvalue weighted by molar-refractivity contribution is 0.235. The Kier molecular flexibility index (Phi) is 7.61. The number of hydrogen-bond acceptors (Lipinski definition) is 6. The van der Waals surface area contributed by atoms with Gasteiger partial charge >= 0.3 is 0 Å². The van der Waals surface area contributed by atoms with Gasteiger partial charge in [-0.1, -0.05) is 6.07 Å². The van der Waals surface area contributed by atoms with Gasteiger partial charge < -0.3 is 24.3 Å². The quantitative estimate of drug-likeness (QED) is 0.732. The number of rotatable bonds is 8. The summed E-state index contributed by atoms with van der Waals surface area (Å²) in [5, 5.41) is 3.49. The van der Waals surface area contributed by atoms with E-state index in [2.05, 4.69) is 28.4 Å². The van der Waals surface area contributed by atoms with Crippen molar-refractivity contribution in [3.05, 3.63) is 47.5 Å². The highest BCUT2D eigenvalue weighted by Gasteiger charge is 2.27. The van der Waals surface area contributed by atoms with E-state index in [4.69, 9.17) is 18.9 Å². The van der Waals surface area contributed by atoms with Gasteiger partial charge in [-0.3, -0.25) is 4.90 Å². The Bertz CT molecular complexity index is 788. The van der Waals surface area contributed by atoms with Gasteiger partial charge in [-0.25, -0.2) is 0 Å². The van der Waals surface area contributed by atoms with Gasteiger partial charge in [0.1, 0.15) is 11.5 Å². The molecule has 0 radical (unpaired) electrons. The van der Waals surface area contributed by atoms with Crippen molar-refractivity contribution in [2.24, 2.45) is 0 Å². The van der Waals surface area contributed by atoms with Gasteiger partial charge in [-0.2, -0.15) is 0 Å². The molecule has 1 aliphatic heterocycles. The number of ether oxygens (including phenoxy) is 4. The molecule has 6 nitrogen and oxygen atoms in total. The van der Waals surface area contributed by atoms with Crippen molar-refractivity contribution in [3.8, 4) is 23.0 Å². The summed E-state index contributed by atoms with van der Waals surface area (Å²) in [7, 11) is 5.06. The first kappa shape index (κ1) is 21.3. The Morgan fingerprint density at radius 3 is 2.45 bits per heavy atom. The van der Waals surface area contributed by atoms with Crippen molar-refractivity contribution in [3.63, 3.8) is 0 Å². The number of methoxy groups -OCH3 is 3. The molecule has 0 spiro atoms. The summed E-state index contributed by atoms with van der Waals surface area (Å²) in [6.45, 7) is 6.53. The van der Waals surface area contributed by atoms with Crippen molar-refractivity contribution in [2.45, 2.75) is 19.4 Å². The lowest BCUT2D eigenvalue weighted by atomic mass is 9.95.